The number of fused-ring (bicyclic) bond motifs is 1. The average molecular weight is 356 g/mol. The Morgan fingerprint density at radius 1 is 1.23 bits per heavy atom. The molecule has 0 saturated heterocycles. The third-order valence-corrected chi connectivity index (χ3v) is 4.41. The summed E-state index contributed by atoms with van der Waals surface area (Å²) in [7, 11) is 0. The molecule has 2 aromatic rings. The van der Waals surface area contributed by atoms with Gasteiger partial charge in [0.05, 0.1) is 12.6 Å². The van der Waals surface area contributed by atoms with E-state index in [2.05, 4.69) is 5.32 Å². The normalized spacial score (nSPS) is 14.3. The summed E-state index contributed by atoms with van der Waals surface area (Å²) in [4.78, 5) is 11.2. The van der Waals surface area contributed by atoms with Gasteiger partial charge in [-0.1, -0.05) is 26.8 Å². The first-order valence-corrected chi connectivity index (χ1v) is 8.56. The number of hydrogen-bond donors (Lipinski definition) is 3. The number of carboxylic acid groups (broad SMARTS) is 1. The molecule has 1 heterocycles. The van der Waals surface area contributed by atoms with E-state index in [0.29, 0.717) is 29.4 Å². The molecular weight excluding hydrogens is 332 g/mol. The van der Waals surface area contributed by atoms with Gasteiger partial charge < -0.3 is 25.6 Å². The van der Waals surface area contributed by atoms with Gasteiger partial charge in [-0.3, -0.25) is 0 Å². The first kappa shape index (κ1) is 17.9. The van der Waals surface area contributed by atoms with Crippen LogP contribution in [0.5, 0.6) is 17.2 Å². The largest absolute Gasteiger partial charge is 0.493 e. The maximum atomic E-state index is 11.2. The summed E-state index contributed by atoms with van der Waals surface area (Å²) < 4.78 is 11.5. The second-order valence-corrected chi connectivity index (χ2v) is 7.51. The molecule has 0 saturated carbocycles. The molecule has 0 spiro atoms. The molecule has 2 aromatic carbocycles. The van der Waals surface area contributed by atoms with Crippen LogP contribution < -0.4 is 20.5 Å². The van der Waals surface area contributed by atoms with Crippen LogP contribution in [0.1, 0.15) is 37.9 Å². The van der Waals surface area contributed by atoms with Crippen LogP contribution in [0.2, 0.25) is 0 Å². The first-order chi connectivity index (χ1) is 12.2. The second-order valence-electron chi connectivity index (χ2n) is 7.51. The number of rotatable bonds is 4. The van der Waals surface area contributed by atoms with Crippen LogP contribution in [0, 0.1) is 5.41 Å². The SMILES string of the molecule is CC(C)(C)C(NC(=O)O)c1cc(Oc2ccc3c(c2)OCC3)ccc1N. The third-order valence-electron chi connectivity index (χ3n) is 4.41. The van der Waals surface area contributed by atoms with Crippen molar-refractivity contribution in [2.45, 2.75) is 33.2 Å². The zero-order chi connectivity index (χ0) is 18.9. The van der Waals surface area contributed by atoms with Crippen LogP contribution in [0.3, 0.4) is 0 Å². The van der Waals surface area contributed by atoms with E-state index in [1.165, 1.54) is 5.56 Å². The van der Waals surface area contributed by atoms with E-state index in [9.17, 15) is 9.90 Å². The first-order valence-electron chi connectivity index (χ1n) is 8.56. The van der Waals surface area contributed by atoms with Gasteiger partial charge in [-0.25, -0.2) is 4.79 Å². The summed E-state index contributed by atoms with van der Waals surface area (Å²) in [5.74, 6) is 2.10. The lowest BCUT2D eigenvalue weighted by molar-refractivity contribution is 0.175. The minimum atomic E-state index is -1.09. The molecule has 0 aliphatic carbocycles. The molecule has 1 unspecified atom stereocenters. The lowest BCUT2D eigenvalue weighted by Gasteiger charge is -2.32. The van der Waals surface area contributed by atoms with Crippen molar-refractivity contribution in [1.82, 2.24) is 5.32 Å². The van der Waals surface area contributed by atoms with Gasteiger partial charge in [-0.15, -0.1) is 0 Å². The maximum absolute atomic E-state index is 11.2. The van der Waals surface area contributed by atoms with E-state index in [4.69, 9.17) is 15.2 Å². The van der Waals surface area contributed by atoms with E-state index in [0.717, 1.165) is 12.2 Å². The number of nitrogens with two attached hydrogens (primary N) is 1. The lowest BCUT2D eigenvalue weighted by Crippen LogP contribution is -2.36. The fourth-order valence-corrected chi connectivity index (χ4v) is 3.10. The van der Waals surface area contributed by atoms with Gasteiger partial charge in [0.25, 0.3) is 0 Å². The zero-order valence-corrected chi connectivity index (χ0v) is 15.2. The van der Waals surface area contributed by atoms with Crippen LogP contribution in [0.4, 0.5) is 10.5 Å². The smallest absolute Gasteiger partial charge is 0.405 e. The minimum Gasteiger partial charge on any atom is -0.493 e. The highest BCUT2D eigenvalue weighted by Gasteiger charge is 2.29. The van der Waals surface area contributed by atoms with Crippen LogP contribution in [-0.2, 0) is 6.42 Å². The number of hydrogen-bond acceptors (Lipinski definition) is 4. The van der Waals surface area contributed by atoms with E-state index >= 15 is 0 Å². The van der Waals surface area contributed by atoms with Crippen LogP contribution in [0.25, 0.3) is 0 Å². The van der Waals surface area contributed by atoms with Crippen molar-refractivity contribution in [3.63, 3.8) is 0 Å². The molecule has 138 valence electrons. The molecule has 0 aromatic heterocycles. The molecule has 4 N–H and O–H groups in total. The second kappa shape index (κ2) is 6.78. The molecule has 1 aliphatic heterocycles. The van der Waals surface area contributed by atoms with Crippen molar-refractivity contribution in [2.75, 3.05) is 12.3 Å². The summed E-state index contributed by atoms with van der Waals surface area (Å²) in [6.07, 6.45) is -0.179. The summed E-state index contributed by atoms with van der Waals surface area (Å²) in [6.45, 7) is 6.56. The fraction of sp³-hybridized carbons (Fsp3) is 0.350. The molecule has 1 atom stereocenters. The quantitative estimate of drug-likeness (QED) is 0.708. The highest BCUT2D eigenvalue weighted by Crippen LogP contribution is 2.38. The van der Waals surface area contributed by atoms with Crippen molar-refractivity contribution in [2.24, 2.45) is 5.41 Å². The Kier molecular flexibility index (Phi) is 4.68. The Hall–Kier alpha value is -2.89. The Morgan fingerprint density at radius 3 is 2.62 bits per heavy atom. The number of anilines is 1. The molecule has 6 nitrogen and oxygen atoms in total. The molecule has 0 radical (unpaired) electrons. The van der Waals surface area contributed by atoms with Gasteiger partial charge >= 0.3 is 6.09 Å². The Bertz CT molecular complexity index is 827. The molecular formula is C20H24N2O4. The summed E-state index contributed by atoms with van der Waals surface area (Å²) >= 11 is 0. The number of nitrogens with one attached hydrogen (secondary N) is 1. The number of amides is 1. The molecule has 1 aliphatic rings. The number of nitrogen functional groups attached to an aromatic ring is 1. The molecule has 26 heavy (non-hydrogen) atoms. The third kappa shape index (κ3) is 3.85. The topological polar surface area (TPSA) is 93.8 Å². The lowest BCUT2D eigenvalue weighted by atomic mass is 9.81. The zero-order valence-electron chi connectivity index (χ0n) is 15.2. The molecule has 0 fully saturated rings. The number of carbonyl (C=O) groups is 1. The van der Waals surface area contributed by atoms with Gasteiger partial charge in [-0.2, -0.15) is 0 Å². The van der Waals surface area contributed by atoms with E-state index < -0.39 is 12.1 Å². The van der Waals surface area contributed by atoms with Gasteiger partial charge in [0.2, 0.25) is 0 Å². The van der Waals surface area contributed by atoms with Crippen LogP contribution >= 0.6 is 0 Å². The van der Waals surface area contributed by atoms with Crippen LogP contribution in [-0.4, -0.2) is 17.8 Å². The monoisotopic (exact) mass is 356 g/mol. The highest BCUT2D eigenvalue weighted by atomic mass is 16.5. The predicted octanol–water partition coefficient (Wildman–Crippen LogP) is 4.35. The number of benzene rings is 2. The number of ether oxygens (including phenoxy) is 2. The standard InChI is InChI=1S/C20H24N2O4/c1-20(2,3)18(22-19(23)24)15-10-13(6-7-16(15)21)26-14-5-4-12-8-9-25-17(12)11-14/h4-7,10-11,18,22H,8-9,21H2,1-3H3,(H,23,24). The molecule has 0 bridgehead atoms. The van der Waals surface area contributed by atoms with E-state index in [1.807, 2.05) is 39.0 Å². The Morgan fingerprint density at radius 2 is 1.92 bits per heavy atom. The molecule has 3 rings (SSSR count). The van der Waals surface area contributed by atoms with Crippen molar-refractivity contribution >= 4 is 11.8 Å². The van der Waals surface area contributed by atoms with Crippen molar-refractivity contribution in [3.05, 3.63) is 47.5 Å². The minimum absolute atomic E-state index is 0.355. The van der Waals surface area contributed by atoms with Gasteiger partial charge in [-0.05, 0) is 35.2 Å². The maximum Gasteiger partial charge on any atom is 0.405 e. The van der Waals surface area contributed by atoms with E-state index in [-0.39, 0.29) is 5.41 Å². The Labute approximate surface area is 152 Å². The summed E-state index contributed by atoms with van der Waals surface area (Å²) in [6, 6.07) is 10.6. The van der Waals surface area contributed by atoms with Crippen molar-refractivity contribution in [1.29, 1.82) is 0 Å². The Balaban J connectivity index is 1.90. The van der Waals surface area contributed by atoms with Crippen LogP contribution in [0.15, 0.2) is 36.4 Å². The predicted molar refractivity (Wildman–Crippen MR) is 99.9 cm³/mol. The van der Waals surface area contributed by atoms with Crippen molar-refractivity contribution < 1.29 is 19.4 Å². The van der Waals surface area contributed by atoms with Crippen molar-refractivity contribution in [3.8, 4) is 17.2 Å². The van der Waals surface area contributed by atoms with Gasteiger partial charge in [0, 0.05) is 23.7 Å². The highest BCUT2D eigenvalue weighted by molar-refractivity contribution is 5.66. The fourth-order valence-electron chi connectivity index (χ4n) is 3.10. The van der Waals surface area contributed by atoms with Gasteiger partial charge in [0.1, 0.15) is 17.2 Å². The van der Waals surface area contributed by atoms with Gasteiger partial charge in [0.15, 0.2) is 0 Å². The molecule has 1 amide bonds. The summed E-state index contributed by atoms with van der Waals surface area (Å²) in [5.41, 5.74) is 8.15. The molecule has 6 heteroatoms. The summed E-state index contributed by atoms with van der Waals surface area (Å²) in [5, 5.41) is 11.8. The average Bonchev–Trinajstić information content (AvgIpc) is 3.01. The van der Waals surface area contributed by atoms with E-state index in [1.54, 1.807) is 18.2 Å².